The van der Waals surface area contributed by atoms with Crippen molar-refractivity contribution in [3.63, 3.8) is 0 Å². The zero-order chi connectivity index (χ0) is 12.8. The molecular formula is C13H17NO4. The number of rotatable bonds is 5. The second-order valence-corrected chi connectivity index (χ2v) is 4.39. The number of pyridine rings is 1. The summed E-state index contributed by atoms with van der Waals surface area (Å²) in [7, 11) is 0. The highest BCUT2D eigenvalue weighted by Gasteiger charge is 2.15. The van der Waals surface area contributed by atoms with Gasteiger partial charge in [-0.25, -0.2) is 9.78 Å². The molecule has 0 unspecified atom stereocenters. The summed E-state index contributed by atoms with van der Waals surface area (Å²) in [6.45, 7) is 2.53. The molecule has 18 heavy (non-hydrogen) atoms. The van der Waals surface area contributed by atoms with Crippen molar-refractivity contribution >= 4 is 5.97 Å². The van der Waals surface area contributed by atoms with Crippen molar-refractivity contribution in [2.45, 2.75) is 19.4 Å². The van der Waals surface area contributed by atoms with E-state index in [4.69, 9.17) is 14.6 Å². The summed E-state index contributed by atoms with van der Waals surface area (Å²) in [4.78, 5) is 14.8. The first-order valence-corrected chi connectivity index (χ1v) is 6.10. The molecule has 1 fully saturated rings. The number of aromatic nitrogens is 1. The fourth-order valence-electron chi connectivity index (χ4n) is 2.00. The standard InChI is InChI=1S/C13H17NO4/c15-13(16)12-11(2-1-5-14-12)9-18-8-10-3-6-17-7-4-10/h1-2,5,10H,3-4,6-9H2,(H,15,16). The second-order valence-electron chi connectivity index (χ2n) is 4.39. The van der Waals surface area contributed by atoms with Crippen LogP contribution in [0.25, 0.3) is 0 Å². The van der Waals surface area contributed by atoms with E-state index >= 15 is 0 Å². The van der Waals surface area contributed by atoms with Crippen molar-refractivity contribution in [3.8, 4) is 0 Å². The Labute approximate surface area is 106 Å². The summed E-state index contributed by atoms with van der Waals surface area (Å²) in [5.41, 5.74) is 0.696. The molecule has 98 valence electrons. The third kappa shape index (κ3) is 3.51. The topological polar surface area (TPSA) is 68.7 Å². The first-order valence-electron chi connectivity index (χ1n) is 6.10. The van der Waals surface area contributed by atoms with Gasteiger partial charge >= 0.3 is 5.97 Å². The summed E-state index contributed by atoms with van der Waals surface area (Å²) in [5, 5.41) is 8.98. The molecule has 0 atom stereocenters. The van der Waals surface area contributed by atoms with E-state index in [0.29, 0.717) is 24.7 Å². The van der Waals surface area contributed by atoms with Gasteiger partial charge in [-0.2, -0.15) is 0 Å². The maximum absolute atomic E-state index is 11.0. The van der Waals surface area contributed by atoms with Crippen molar-refractivity contribution in [1.82, 2.24) is 4.98 Å². The minimum Gasteiger partial charge on any atom is -0.477 e. The summed E-state index contributed by atoms with van der Waals surface area (Å²) >= 11 is 0. The van der Waals surface area contributed by atoms with Crippen LogP contribution in [0.1, 0.15) is 28.9 Å². The van der Waals surface area contributed by atoms with Gasteiger partial charge < -0.3 is 14.6 Å². The van der Waals surface area contributed by atoms with Crippen LogP contribution < -0.4 is 0 Å². The number of carboxylic acid groups (broad SMARTS) is 1. The van der Waals surface area contributed by atoms with E-state index in [1.165, 1.54) is 6.20 Å². The van der Waals surface area contributed by atoms with Gasteiger partial charge in [0.05, 0.1) is 13.2 Å². The van der Waals surface area contributed by atoms with E-state index in [1.54, 1.807) is 12.1 Å². The summed E-state index contributed by atoms with van der Waals surface area (Å²) in [6.07, 6.45) is 3.50. The Kier molecular flexibility index (Phi) is 4.66. The van der Waals surface area contributed by atoms with E-state index in [1.807, 2.05) is 0 Å². The van der Waals surface area contributed by atoms with Crippen LogP contribution in [0, 0.1) is 5.92 Å². The molecule has 2 rings (SSSR count). The Morgan fingerprint density at radius 2 is 2.28 bits per heavy atom. The maximum Gasteiger partial charge on any atom is 0.354 e. The van der Waals surface area contributed by atoms with Crippen molar-refractivity contribution in [2.24, 2.45) is 5.92 Å². The molecule has 1 N–H and O–H groups in total. The van der Waals surface area contributed by atoms with Crippen molar-refractivity contribution in [1.29, 1.82) is 0 Å². The first-order chi connectivity index (χ1) is 8.77. The fraction of sp³-hybridized carbons (Fsp3) is 0.538. The van der Waals surface area contributed by atoms with Gasteiger partial charge in [-0.3, -0.25) is 0 Å². The predicted molar refractivity (Wildman–Crippen MR) is 64.4 cm³/mol. The number of aromatic carboxylic acids is 1. The summed E-state index contributed by atoms with van der Waals surface area (Å²) < 4.78 is 10.9. The fourth-order valence-corrected chi connectivity index (χ4v) is 2.00. The van der Waals surface area contributed by atoms with E-state index in [9.17, 15) is 4.79 Å². The normalized spacial score (nSPS) is 16.7. The smallest absolute Gasteiger partial charge is 0.354 e. The molecule has 0 saturated carbocycles. The lowest BCUT2D eigenvalue weighted by atomic mass is 10.0. The van der Waals surface area contributed by atoms with Crippen LogP contribution in [-0.4, -0.2) is 35.9 Å². The molecule has 0 spiro atoms. The lowest BCUT2D eigenvalue weighted by Crippen LogP contribution is -2.20. The highest BCUT2D eigenvalue weighted by Crippen LogP contribution is 2.16. The molecule has 0 bridgehead atoms. The molecule has 5 nitrogen and oxygen atoms in total. The zero-order valence-corrected chi connectivity index (χ0v) is 10.2. The average molecular weight is 251 g/mol. The first kappa shape index (κ1) is 13.0. The van der Waals surface area contributed by atoms with Crippen LogP contribution in [0.2, 0.25) is 0 Å². The van der Waals surface area contributed by atoms with Gasteiger partial charge in [0.15, 0.2) is 5.69 Å². The minimum absolute atomic E-state index is 0.0736. The molecule has 1 aromatic rings. The third-order valence-electron chi connectivity index (χ3n) is 3.05. The number of carbonyl (C=O) groups is 1. The van der Waals surface area contributed by atoms with Gasteiger partial charge in [0, 0.05) is 25.0 Å². The molecule has 0 radical (unpaired) electrons. The van der Waals surface area contributed by atoms with Crippen LogP contribution in [0.3, 0.4) is 0 Å². The van der Waals surface area contributed by atoms with E-state index in [-0.39, 0.29) is 5.69 Å². The Balaban J connectivity index is 1.84. The zero-order valence-electron chi connectivity index (χ0n) is 10.2. The third-order valence-corrected chi connectivity index (χ3v) is 3.05. The molecule has 0 aliphatic carbocycles. The number of nitrogens with zero attached hydrogens (tertiary/aromatic N) is 1. The van der Waals surface area contributed by atoms with Crippen molar-refractivity contribution in [3.05, 3.63) is 29.6 Å². The number of hydrogen-bond donors (Lipinski definition) is 1. The largest absolute Gasteiger partial charge is 0.477 e. The Morgan fingerprint density at radius 1 is 1.50 bits per heavy atom. The minimum atomic E-state index is -1.01. The molecule has 1 aliphatic heterocycles. The van der Waals surface area contributed by atoms with Gasteiger partial charge in [0.25, 0.3) is 0 Å². The van der Waals surface area contributed by atoms with Gasteiger partial charge in [-0.15, -0.1) is 0 Å². The number of ether oxygens (including phenoxy) is 2. The monoisotopic (exact) mass is 251 g/mol. The van der Waals surface area contributed by atoms with Crippen LogP contribution in [0.5, 0.6) is 0 Å². The van der Waals surface area contributed by atoms with Crippen molar-refractivity contribution in [2.75, 3.05) is 19.8 Å². The predicted octanol–water partition coefficient (Wildman–Crippen LogP) is 1.72. The van der Waals surface area contributed by atoms with Crippen LogP contribution in [-0.2, 0) is 16.1 Å². The molecule has 1 aliphatic rings. The van der Waals surface area contributed by atoms with Crippen LogP contribution >= 0.6 is 0 Å². The summed E-state index contributed by atoms with van der Waals surface area (Å²) in [5.74, 6) is -0.496. The molecule has 5 heteroatoms. The Hall–Kier alpha value is -1.46. The van der Waals surface area contributed by atoms with Crippen LogP contribution in [0.15, 0.2) is 18.3 Å². The highest BCUT2D eigenvalue weighted by molar-refractivity contribution is 5.86. The Morgan fingerprint density at radius 3 is 3.00 bits per heavy atom. The molecule has 1 saturated heterocycles. The molecule has 1 aromatic heterocycles. The highest BCUT2D eigenvalue weighted by atomic mass is 16.5. The second kappa shape index (κ2) is 6.47. The lowest BCUT2D eigenvalue weighted by molar-refractivity contribution is 0.0154. The van der Waals surface area contributed by atoms with E-state index in [2.05, 4.69) is 4.98 Å². The van der Waals surface area contributed by atoms with E-state index < -0.39 is 5.97 Å². The van der Waals surface area contributed by atoms with Gasteiger partial charge in [0.2, 0.25) is 0 Å². The van der Waals surface area contributed by atoms with Gasteiger partial charge in [0.1, 0.15) is 0 Å². The van der Waals surface area contributed by atoms with Crippen molar-refractivity contribution < 1.29 is 19.4 Å². The maximum atomic E-state index is 11.0. The Bertz CT molecular complexity index is 402. The quantitative estimate of drug-likeness (QED) is 0.863. The number of hydrogen-bond acceptors (Lipinski definition) is 4. The van der Waals surface area contributed by atoms with Gasteiger partial charge in [-0.1, -0.05) is 6.07 Å². The molecule has 0 amide bonds. The lowest BCUT2D eigenvalue weighted by Gasteiger charge is -2.21. The SMILES string of the molecule is O=C(O)c1ncccc1COCC1CCOCC1. The van der Waals surface area contributed by atoms with Crippen LogP contribution in [0.4, 0.5) is 0 Å². The van der Waals surface area contributed by atoms with E-state index in [0.717, 1.165) is 26.1 Å². The van der Waals surface area contributed by atoms with Gasteiger partial charge in [-0.05, 0) is 24.8 Å². The number of carboxylic acids is 1. The molecule has 0 aromatic carbocycles. The molecular weight excluding hydrogens is 234 g/mol. The average Bonchev–Trinajstić information content (AvgIpc) is 2.40. The molecule has 2 heterocycles. The summed E-state index contributed by atoms with van der Waals surface area (Å²) in [6, 6.07) is 3.46.